The summed E-state index contributed by atoms with van der Waals surface area (Å²) in [5.74, 6) is 1.14. The number of ether oxygens (including phenoxy) is 2. The first-order valence-electron chi connectivity index (χ1n) is 7.93. The Bertz CT molecular complexity index is 674. The Morgan fingerprint density at radius 2 is 2.00 bits per heavy atom. The van der Waals surface area contributed by atoms with E-state index >= 15 is 0 Å². The molecule has 0 spiro atoms. The van der Waals surface area contributed by atoms with E-state index in [-0.39, 0.29) is 6.10 Å². The maximum absolute atomic E-state index is 9.29. The van der Waals surface area contributed by atoms with Gasteiger partial charge in [0.05, 0.1) is 18.2 Å². The van der Waals surface area contributed by atoms with Crippen molar-refractivity contribution < 1.29 is 14.6 Å². The van der Waals surface area contributed by atoms with Crippen LogP contribution in [0.25, 0.3) is 0 Å². The molecule has 24 heavy (non-hydrogen) atoms. The topological polar surface area (TPSA) is 50.7 Å². The number of hydrogen-bond donors (Lipinski definition) is 2. The molecule has 0 heterocycles. The quantitative estimate of drug-likeness (QED) is 0.763. The van der Waals surface area contributed by atoms with Crippen molar-refractivity contribution in [3.8, 4) is 11.5 Å². The van der Waals surface area contributed by atoms with Gasteiger partial charge in [-0.3, -0.25) is 0 Å². The van der Waals surface area contributed by atoms with Gasteiger partial charge in [-0.05, 0) is 37.1 Å². The summed E-state index contributed by atoms with van der Waals surface area (Å²) in [6.45, 7) is 5.33. The van der Waals surface area contributed by atoms with E-state index in [9.17, 15) is 5.11 Å². The van der Waals surface area contributed by atoms with Gasteiger partial charge in [0.1, 0.15) is 6.61 Å². The van der Waals surface area contributed by atoms with Gasteiger partial charge in [0.25, 0.3) is 0 Å². The van der Waals surface area contributed by atoms with Gasteiger partial charge >= 0.3 is 0 Å². The Morgan fingerprint density at radius 3 is 2.67 bits per heavy atom. The van der Waals surface area contributed by atoms with E-state index in [0.29, 0.717) is 36.2 Å². The molecule has 0 aliphatic heterocycles. The van der Waals surface area contributed by atoms with E-state index in [1.807, 2.05) is 37.3 Å². The first-order valence-corrected chi connectivity index (χ1v) is 8.31. The molecule has 2 aromatic carbocycles. The van der Waals surface area contributed by atoms with Crippen LogP contribution in [0.2, 0.25) is 5.02 Å². The lowest BCUT2D eigenvalue weighted by atomic mass is 10.1. The van der Waals surface area contributed by atoms with Crippen LogP contribution in [0.5, 0.6) is 11.5 Å². The zero-order chi connectivity index (χ0) is 17.5. The van der Waals surface area contributed by atoms with Crippen molar-refractivity contribution in [2.24, 2.45) is 0 Å². The molecule has 0 saturated heterocycles. The molecule has 0 aliphatic carbocycles. The largest absolute Gasteiger partial charge is 0.493 e. The molecule has 1 atom stereocenters. The Balaban J connectivity index is 2.09. The SMILES string of the molecule is COc1cc(CNCC(C)O)cc(Cl)c1OCc1cccc(C)c1. The average molecular weight is 350 g/mol. The van der Waals surface area contributed by atoms with Crippen LogP contribution in [0.4, 0.5) is 0 Å². The van der Waals surface area contributed by atoms with Crippen molar-refractivity contribution in [2.45, 2.75) is 33.1 Å². The Kier molecular flexibility index (Phi) is 6.91. The van der Waals surface area contributed by atoms with Crippen LogP contribution in [0.3, 0.4) is 0 Å². The molecule has 5 heteroatoms. The second-order valence-corrected chi connectivity index (χ2v) is 6.27. The van der Waals surface area contributed by atoms with E-state index in [1.165, 1.54) is 5.56 Å². The summed E-state index contributed by atoms with van der Waals surface area (Å²) in [7, 11) is 1.60. The van der Waals surface area contributed by atoms with Crippen molar-refractivity contribution in [3.05, 3.63) is 58.1 Å². The Morgan fingerprint density at radius 1 is 1.21 bits per heavy atom. The summed E-state index contributed by atoms with van der Waals surface area (Å²) in [6.07, 6.45) is -0.390. The van der Waals surface area contributed by atoms with E-state index in [0.717, 1.165) is 11.1 Å². The molecule has 0 fully saturated rings. The molecule has 0 saturated carbocycles. The van der Waals surface area contributed by atoms with Crippen LogP contribution in [0, 0.1) is 6.92 Å². The zero-order valence-electron chi connectivity index (χ0n) is 14.3. The highest BCUT2D eigenvalue weighted by Crippen LogP contribution is 2.37. The summed E-state index contributed by atoms with van der Waals surface area (Å²) in [6, 6.07) is 11.9. The van der Waals surface area contributed by atoms with Crippen molar-refractivity contribution in [1.82, 2.24) is 5.32 Å². The lowest BCUT2D eigenvalue weighted by Gasteiger charge is -2.15. The predicted octanol–water partition coefficient (Wildman–Crippen LogP) is 3.71. The molecule has 0 aliphatic rings. The van der Waals surface area contributed by atoms with Gasteiger partial charge in [0.2, 0.25) is 0 Å². The highest BCUT2D eigenvalue weighted by Gasteiger charge is 2.12. The molecule has 130 valence electrons. The summed E-state index contributed by atoms with van der Waals surface area (Å²) in [4.78, 5) is 0. The molecule has 1 unspecified atom stereocenters. The zero-order valence-corrected chi connectivity index (χ0v) is 15.1. The van der Waals surface area contributed by atoms with Crippen LogP contribution in [0.15, 0.2) is 36.4 Å². The molecule has 0 aromatic heterocycles. The van der Waals surface area contributed by atoms with E-state index < -0.39 is 0 Å². The van der Waals surface area contributed by atoms with Gasteiger partial charge < -0.3 is 19.9 Å². The van der Waals surface area contributed by atoms with E-state index in [1.54, 1.807) is 14.0 Å². The highest BCUT2D eigenvalue weighted by molar-refractivity contribution is 6.32. The van der Waals surface area contributed by atoms with Crippen LogP contribution in [-0.2, 0) is 13.2 Å². The summed E-state index contributed by atoms with van der Waals surface area (Å²) >= 11 is 6.37. The van der Waals surface area contributed by atoms with Crippen molar-refractivity contribution in [3.63, 3.8) is 0 Å². The monoisotopic (exact) mass is 349 g/mol. The smallest absolute Gasteiger partial charge is 0.180 e. The standard InChI is InChI=1S/C19H24ClNO3/c1-13-5-4-6-15(7-13)12-24-19-17(20)8-16(9-18(19)23-3)11-21-10-14(2)22/h4-9,14,21-22H,10-12H2,1-3H3. The van der Waals surface area contributed by atoms with E-state index in [2.05, 4.69) is 11.4 Å². The number of methoxy groups -OCH3 is 1. The number of halogens is 1. The first kappa shape index (κ1) is 18.6. The van der Waals surface area contributed by atoms with Gasteiger partial charge in [-0.2, -0.15) is 0 Å². The van der Waals surface area contributed by atoms with Gasteiger partial charge in [0.15, 0.2) is 11.5 Å². The van der Waals surface area contributed by atoms with Crippen molar-refractivity contribution >= 4 is 11.6 Å². The summed E-state index contributed by atoms with van der Waals surface area (Å²) < 4.78 is 11.3. The third-order valence-corrected chi connectivity index (χ3v) is 3.80. The fourth-order valence-corrected chi connectivity index (χ4v) is 2.69. The number of nitrogens with one attached hydrogen (secondary N) is 1. The fraction of sp³-hybridized carbons (Fsp3) is 0.368. The van der Waals surface area contributed by atoms with Gasteiger partial charge in [-0.15, -0.1) is 0 Å². The van der Waals surface area contributed by atoms with Crippen molar-refractivity contribution in [2.75, 3.05) is 13.7 Å². The van der Waals surface area contributed by atoms with Gasteiger partial charge in [-0.25, -0.2) is 0 Å². The van der Waals surface area contributed by atoms with Crippen LogP contribution in [-0.4, -0.2) is 24.9 Å². The number of rotatable bonds is 8. The minimum absolute atomic E-state index is 0.390. The molecule has 0 bridgehead atoms. The van der Waals surface area contributed by atoms with Crippen molar-refractivity contribution in [1.29, 1.82) is 0 Å². The van der Waals surface area contributed by atoms with E-state index in [4.69, 9.17) is 21.1 Å². The first-order chi connectivity index (χ1) is 11.5. The van der Waals surface area contributed by atoms with Gasteiger partial charge in [-0.1, -0.05) is 41.4 Å². The second kappa shape index (κ2) is 8.92. The molecule has 2 rings (SSSR count). The normalized spacial score (nSPS) is 12.0. The number of hydrogen-bond acceptors (Lipinski definition) is 4. The van der Waals surface area contributed by atoms with Crippen LogP contribution < -0.4 is 14.8 Å². The number of aliphatic hydroxyl groups excluding tert-OH is 1. The lowest BCUT2D eigenvalue weighted by molar-refractivity contribution is 0.191. The molecular weight excluding hydrogens is 326 g/mol. The van der Waals surface area contributed by atoms with Crippen LogP contribution >= 0.6 is 11.6 Å². The fourth-order valence-electron chi connectivity index (χ4n) is 2.40. The predicted molar refractivity (Wildman–Crippen MR) is 96.9 cm³/mol. The molecule has 0 radical (unpaired) electrons. The molecule has 2 N–H and O–H groups in total. The average Bonchev–Trinajstić information content (AvgIpc) is 2.53. The number of benzene rings is 2. The lowest BCUT2D eigenvalue weighted by Crippen LogP contribution is -2.23. The number of aliphatic hydroxyl groups is 1. The summed E-state index contributed by atoms with van der Waals surface area (Å²) in [5, 5.41) is 13.0. The molecule has 2 aromatic rings. The molecule has 0 amide bonds. The highest BCUT2D eigenvalue weighted by atomic mass is 35.5. The maximum atomic E-state index is 9.29. The molecule has 4 nitrogen and oxygen atoms in total. The third kappa shape index (κ3) is 5.41. The minimum atomic E-state index is -0.390. The Labute approximate surface area is 148 Å². The van der Waals surface area contributed by atoms with Crippen LogP contribution in [0.1, 0.15) is 23.6 Å². The number of aryl methyl sites for hydroxylation is 1. The summed E-state index contributed by atoms with van der Waals surface area (Å²) in [5.41, 5.74) is 3.24. The van der Waals surface area contributed by atoms with Gasteiger partial charge in [0, 0.05) is 13.1 Å². The molecular formula is C19H24ClNO3. The maximum Gasteiger partial charge on any atom is 0.180 e. The Hall–Kier alpha value is -1.75. The minimum Gasteiger partial charge on any atom is -0.493 e. The third-order valence-electron chi connectivity index (χ3n) is 3.52. The second-order valence-electron chi connectivity index (χ2n) is 5.87.